The Bertz CT molecular complexity index is 1370. The van der Waals surface area contributed by atoms with E-state index in [-0.39, 0.29) is 22.6 Å². The number of allylic oxidation sites excluding steroid dienone is 3. The second-order valence-electron chi connectivity index (χ2n) is 13.1. The molecular weight excluding hydrogens is 460 g/mol. The first-order valence-corrected chi connectivity index (χ1v) is 13.7. The lowest BCUT2D eigenvalue weighted by Gasteiger charge is -2.57. The number of hydrogen-bond acceptors (Lipinski definition) is 5. The molecule has 1 atom stereocenters. The molecule has 2 heterocycles. The highest BCUT2D eigenvalue weighted by Crippen LogP contribution is 2.60. The number of aromatic nitrogens is 2. The Balaban J connectivity index is 1.45. The molecule has 190 valence electrons. The number of ketones is 1. The highest BCUT2D eigenvalue weighted by molar-refractivity contribution is 6.00. The molecule has 6 heteroatoms. The highest BCUT2D eigenvalue weighted by Gasteiger charge is 2.54. The van der Waals surface area contributed by atoms with Crippen molar-refractivity contribution < 1.29 is 9.53 Å². The molecule has 1 aliphatic heterocycles. The van der Waals surface area contributed by atoms with Gasteiger partial charge >= 0.3 is 0 Å². The first kappa shape index (κ1) is 22.8. The molecule has 1 aromatic heterocycles. The van der Waals surface area contributed by atoms with Gasteiger partial charge in [0, 0.05) is 24.0 Å². The normalized spacial score (nSPS) is 33.8. The maximum atomic E-state index is 13.7. The molecule has 2 N–H and O–H groups in total. The zero-order valence-electron chi connectivity index (χ0n) is 21.7. The number of carbonyl (C=O) groups excluding carboxylic acids is 1. The first-order valence-electron chi connectivity index (χ1n) is 13.7. The second-order valence-corrected chi connectivity index (χ2v) is 13.1. The summed E-state index contributed by atoms with van der Waals surface area (Å²) < 4.78 is 8.26. The largest absolute Gasteiger partial charge is 0.444 e. The number of Topliss-reactive ketones (excluding diaryl/α,β-unsaturated/α-hetero) is 1. The van der Waals surface area contributed by atoms with Gasteiger partial charge in [0.15, 0.2) is 5.78 Å². The molecule has 8 rings (SSSR count). The molecule has 4 bridgehead atoms. The lowest BCUT2D eigenvalue weighted by Crippen LogP contribution is -2.53. The van der Waals surface area contributed by atoms with E-state index in [1.165, 1.54) is 19.3 Å². The van der Waals surface area contributed by atoms with Crippen LogP contribution in [-0.2, 0) is 15.1 Å². The van der Waals surface area contributed by atoms with Crippen molar-refractivity contribution in [3.05, 3.63) is 64.9 Å². The summed E-state index contributed by atoms with van der Waals surface area (Å²) in [4.78, 5) is 13.7. The van der Waals surface area contributed by atoms with Crippen molar-refractivity contribution in [3.63, 3.8) is 0 Å². The molecule has 0 saturated heterocycles. The van der Waals surface area contributed by atoms with Gasteiger partial charge in [0.2, 0.25) is 5.88 Å². The smallest absolute Gasteiger partial charge is 0.205 e. The minimum atomic E-state index is -0.546. The van der Waals surface area contributed by atoms with Gasteiger partial charge in [-0.15, -0.1) is 0 Å². The standard InChI is InChI=1S/C31H34N4O2/c1-30(2)15-25(36)28-26(16-30)37-29(33)22(17-32)27(28)24-11-23(21-6-4-3-5-7-21)34-35(24)31-12-18-8-19(13-31)10-20(9-18)14-31/h3-7,11,18-20,27H,8-10,12-16,33H2,1-2H3. The fraction of sp³-hybridized carbons (Fsp3) is 0.516. The average Bonchev–Trinajstić information content (AvgIpc) is 3.28. The molecule has 1 unspecified atom stereocenters. The fourth-order valence-corrected chi connectivity index (χ4v) is 8.64. The van der Waals surface area contributed by atoms with Gasteiger partial charge in [-0.3, -0.25) is 9.48 Å². The SMILES string of the molecule is CC1(C)CC(=O)C2=C(C1)OC(N)=C(C#N)C2c1cc(-c2ccccc2)nn1C12CC3CC(CC(C3)C1)C2. The molecular formula is C31H34N4O2. The second kappa shape index (κ2) is 7.84. The number of nitrogens with two attached hydrogens (primary N) is 1. The van der Waals surface area contributed by atoms with Crippen molar-refractivity contribution in [1.82, 2.24) is 9.78 Å². The predicted octanol–water partition coefficient (Wildman–Crippen LogP) is 5.93. The van der Waals surface area contributed by atoms with Crippen LogP contribution in [0.15, 0.2) is 59.2 Å². The van der Waals surface area contributed by atoms with Crippen LogP contribution >= 0.6 is 0 Å². The Labute approximate surface area is 218 Å². The van der Waals surface area contributed by atoms with E-state index < -0.39 is 5.92 Å². The summed E-state index contributed by atoms with van der Waals surface area (Å²) in [5.74, 6) is 2.47. The summed E-state index contributed by atoms with van der Waals surface area (Å²) in [6, 6.07) is 14.7. The van der Waals surface area contributed by atoms with E-state index in [1.54, 1.807) is 0 Å². The van der Waals surface area contributed by atoms with Crippen LogP contribution in [0.1, 0.15) is 76.8 Å². The Hall–Kier alpha value is -3.33. The van der Waals surface area contributed by atoms with E-state index in [0.717, 1.165) is 54.0 Å². The van der Waals surface area contributed by atoms with Crippen molar-refractivity contribution in [3.8, 4) is 17.3 Å². The van der Waals surface area contributed by atoms with Crippen molar-refractivity contribution in [2.45, 2.75) is 76.7 Å². The summed E-state index contributed by atoms with van der Waals surface area (Å²) in [5, 5.41) is 15.6. The van der Waals surface area contributed by atoms with E-state index in [0.29, 0.717) is 29.7 Å². The van der Waals surface area contributed by atoms with Gasteiger partial charge in [0.25, 0.3) is 0 Å². The minimum absolute atomic E-state index is 0.0519. The van der Waals surface area contributed by atoms with Crippen LogP contribution in [0, 0.1) is 34.5 Å². The Morgan fingerprint density at radius 1 is 1.05 bits per heavy atom. The molecule has 0 radical (unpaired) electrons. The van der Waals surface area contributed by atoms with Crippen LogP contribution in [0.3, 0.4) is 0 Å². The lowest BCUT2D eigenvalue weighted by atomic mass is 9.53. The first-order chi connectivity index (χ1) is 17.7. The van der Waals surface area contributed by atoms with Crippen LogP contribution in [0.5, 0.6) is 0 Å². The summed E-state index contributed by atoms with van der Waals surface area (Å²) in [6.45, 7) is 4.17. The van der Waals surface area contributed by atoms with Crippen LogP contribution in [-0.4, -0.2) is 15.6 Å². The summed E-state index contributed by atoms with van der Waals surface area (Å²) in [5.41, 5.74) is 9.91. The maximum absolute atomic E-state index is 13.7. The molecule has 4 fully saturated rings. The average molecular weight is 495 g/mol. The quantitative estimate of drug-likeness (QED) is 0.571. The molecule has 5 aliphatic carbocycles. The fourth-order valence-electron chi connectivity index (χ4n) is 8.64. The van der Waals surface area contributed by atoms with E-state index in [4.69, 9.17) is 15.6 Å². The number of rotatable bonds is 3. The van der Waals surface area contributed by atoms with Crippen molar-refractivity contribution in [2.24, 2.45) is 28.9 Å². The number of carbonyl (C=O) groups is 1. The highest BCUT2D eigenvalue weighted by atomic mass is 16.5. The van der Waals surface area contributed by atoms with Gasteiger partial charge < -0.3 is 10.5 Å². The lowest BCUT2D eigenvalue weighted by molar-refractivity contribution is -0.119. The third-order valence-electron chi connectivity index (χ3n) is 9.63. The maximum Gasteiger partial charge on any atom is 0.205 e. The molecule has 4 saturated carbocycles. The van der Waals surface area contributed by atoms with Gasteiger partial charge in [0.05, 0.1) is 22.8 Å². The number of benzene rings is 1. The third-order valence-corrected chi connectivity index (χ3v) is 9.63. The Morgan fingerprint density at radius 3 is 2.32 bits per heavy atom. The van der Waals surface area contributed by atoms with E-state index in [1.807, 2.05) is 18.2 Å². The monoisotopic (exact) mass is 494 g/mol. The molecule has 0 spiro atoms. The topological polar surface area (TPSA) is 93.9 Å². The number of nitrogens with zero attached hydrogens (tertiary/aromatic N) is 3. The molecule has 0 amide bonds. The number of nitriles is 1. The molecule has 6 nitrogen and oxygen atoms in total. The van der Waals surface area contributed by atoms with Gasteiger partial charge in [-0.2, -0.15) is 10.4 Å². The zero-order valence-corrected chi connectivity index (χ0v) is 21.7. The predicted molar refractivity (Wildman–Crippen MR) is 140 cm³/mol. The number of hydrogen-bond donors (Lipinski definition) is 1. The zero-order chi connectivity index (χ0) is 25.5. The van der Waals surface area contributed by atoms with Gasteiger partial charge in [-0.1, -0.05) is 44.2 Å². The van der Waals surface area contributed by atoms with Crippen LogP contribution in [0.4, 0.5) is 0 Å². The van der Waals surface area contributed by atoms with Gasteiger partial charge in [0.1, 0.15) is 17.4 Å². The van der Waals surface area contributed by atoms with Crippen LogP contribution in [0.2, 0.25) is 0 Å². The van der Waals surface area contributed by atoms with E-state index in [9.17, 15) is 10.1 Å². The van der Waals surface area contributed by atoms with Crippen LogP contribution < -0.4 is 5.73 Å². The summed E-state index contributed by atoms with van der Waals surface area (Å²) in [6.07, 6.45) is 8.42. The minimum Gasteiger partial charge on any atom is -0.444 e. The summed E-state index contributed by atoms with van der Waals surface area (Å²) in [7, 11) is 0. The van der Waals surface area contributed by atoms with Crippen molar-refractivity contribution in [2.75, 3.05) is 0 Å². The molecule has 1 aromatic carbocycles. The third kappa shape index (κ3) is 3.50. The molecule has 6 aliphatic rings. The Morgan fingerprint density at radius 2 is 1.70 bits per heavy atom. The van der Waals surface area contributed by atoms with Crippen molar-refractivity contribution in [1.29, 1.82) is 5.26 Å². The summed E-state index contributed by atoms with van der Waals surface area (Å²) >= 11 is 0. The van der Waals surface area contributed by atoms with Crippen molar-refractivity contribution >= 4 is 5.78 Å². The Kier molecular flexibility index (Phi) is 4.84. The van der Waals surface area contributed by atoms with Crippen LogP contribution in [0.25, 0.3) is 11.3 Å². The van der Waals surface area contributed by atoms with E-state index >= 15 is 0 Å². The number of ether oxygens (including phenoxy) is 1. The van der Waals surface area contributed by atoms with Gasteiger partial charge in [-0.25, -0.2) is 0 Å². The van der Waals surface area contributed by atoms with Gasteiger partial charge in [-0.05, 0) is 67.8 Å². The molecule has 37 heavy (non-hydrogen) atoms. The molecule has 2 aromatic rings. The van der Waals surface area contributed by atoms with E-state index in [2.05, 4.69) is 42.8 Å².